The lowest BCUT2D eigenvalue weighted by molar-refractivity contribution is 0.473. The summed E-state index contributed by atoms with van der Waals surface area (Å²) in [6.07, 6.45) is 8.85. The molecule has 0 radical (unpaired) electrons. The van der Waals surface area contributed by atoms with Crippen LogP contribution in [0.15, 0.2) is 23.2 Å². The van der Waals surface area contributed by atoms with Gasteiger partial charge in [0, 0.05) is 12.2 Å². The minimum absolute atomic E-state index is 0.471. The van der Waals surface area contributed by atoms with Crippen molar-refractivity contribution in [1.82, 2.24) is 0 Å². The van der Waals surface area contributed by atoms with Crippen LogP contribution in [0, 0.1) is 5.41 Å². The second-order valence-electron chi connectivity index (χ2n) is 6.41. The van der Waals surface area contributed by atoms with Crippen molar-refractivity contribution in [3.05, 3.63) is 29.3 Å². The van der Waals surface area contributed by atoms with E-state index in [1.807, 2.05) is 0 Å². The standard InChI is InChI=1S/C17H25N3/c1-2-8-17(9-10-17)12-19-16(18)20-15-7-6-13-4-3-5-14(13)11-15/h6-7,11H,2-5,8-10,12H2,1H3,(H3,18,19,20). The molecule has 3 heteroatoms. The van der Waals surface area contributed by atoms with Gasteiger partial charge in [-0.2, -0.15) is 0 Å². The van der Waals surface area contributed by atoms with Gasteiger partial charge in [0.25, 0.3) is 0 Å². The quantitative estimate of drug-likeness (QED) is 0.636. The third-order valence-electron chi connectivity index (χ3n) is 4.69. The van der Waals surface area contributed by atoms with Crippen molar-refractivity contribution in [2.75, 3.05) is 11.9 Å². The third kappa shape index (κ3) is 2.97. The number of benzene rings is 1. The topological polar surface area (TPSA) is 50.4 Å². The summed E-state index contributed by atoms with van der Waals surface area (Å²) >= 11 is 0. The molecule has 3 rings (SSSR count). The number of guanidine groups is 1. The van der Waals surface area contributed by atoms with Crippen LogP contribution in [0.5, 0.6) is 0 Å². The van der Waals surface area contributed by atoms with Crippen LogP contribution in [0.3, 0.4) is 0 Å². The summed E-state index contributed by atoms with van der Waals surface area (Å²) in [6, 6.07) is 6.56. The van der Waals surface area contributed by atoms with Crippen LogP contribution >= 0.6 is 0 Å². The highest BCUT2D eigenvalue weighted by atomic mass is 15.1. The van der Waals surface area contributed by atoms with Gasteiger partial charge in [0.15, 0.2) is 5.96 Å². The largest absolute Gasteiger partial charge is 0.370 e. The summed E-state index contributed by atoms with van der Waals surface area (Å²) < 4.78 is 0. The molecular weight excluding hydrogens is 246 g/mol. The second-order valence-corrected chi connectivity index (χ2v) is 6.41. The van der Waals surface area contributed by atoms with Crippen LogP contribution in [0.2, 0.25) is 0 Å². The number of hydrogen-bond donors (Lipinski definition) is 2. The fraction of sp³-hybridized carbons (Fsp3) is 0.588. The summed E-state index contributed by atoms with van der Waals surface area (Å²) in [7, 11) is 0. The summed E-state index contributed by atoms with van der Waals surface area (Å²) in [5.41, 5.74) is 10.5. The molecule has 3 N–H and O–H groups in total. The van der Waals surface area contributed by atoms with Gasteiger partial charge in [-0.25, -0.2) is 0 Å². The van der Waals surface area contributed by atoms with Crippen molar-refractivity contribution in [3.63, 3.8) is 0 Å². The van der Waals surface area contributed by atoms with E-state index in [0.29, 0.717) is 11.4 Å². The Hall–Kier alpha value is -1.51. The fourth-order valence-electron chi connectivity index (χ4n) is 3.28. The Morgan fingerprint density at radius 3 is 2.85 bits per heavy atom. The lowest BCUT2D eigenvalue weighted by Gasteiger charge is -2.12. The van der Waals surface area contributed by atoms with E-state index in [9.17, 15) is 0 Å². The number of nitrogens with zero attached hydrogens (tertiary/aromatic N) is 1. The maximum atomic E-state index is 6.02. The Morgan fingerprint density at radius 2 is 2.10 bits per heavy atom. The van der Waals surface area contributed by atoms with Gasteiger partial charge in [-0.15, -0.1) is 0 Å². The molecule has 0 spiro atoms. The number of rotatable bonds is 5. The minimum Gasteiger partial charge on any atom is -0.370 e. The van der Waals surface area contributed by atoms with Crippen LogP contribution in [-0.2, 0) is 12.8 Å². The van der Waals surface area contributed by atoms with Gasteiger partial charge in [0.1, 0.15) is 0 Å². The zero-order valence-electron chi connectivity index (χ0n) is 12.4. The minimum atomic E-state index is 0.471. The predicted octanol–water partition coefficient (Wildman–Crippen LogP) is 3.48. The first-order chi connectivity index (χ1) is 9.71. The molecule has 0 amide bonds. The van der Waals surface area contributed by atoms with E-state index in [2.05, 4.69) is 35.4 Å². The summed E-state index contributed by atoms with van der Waals surface area (Å²) in [5.74, 6) is 0.560. The Kier molecular flexibility index (Phi) is 3.68. The molecule has 0 heterocycles. The maximum absolute atomic E-state index is 6.02. The molecule has 0 atom stereocenters. The Morgan fingerprint density at radius 1 is 1.30 bits per heavy atom. The van der Waals surface area contributed by atoms with E-state index in [4.69, 9.17) is 5.73 Å². The van der Waals surface area contributed by atoms with Crippen LogP contribution in [0.25, 0.3) is 0 Å². The van der Waals surface area contributed by atoms with Gasteiger partial charge in [-0.1, -0.05) is 19.4 Å². The second kappa shape index (κ2) is 5.47. The molecular formula is C17H25N3. The SMILES string of the molecule is CCCC1(CN=C(N)Nc2ccc3c(c2)CCC3)CC1. The molecule has 2 aliphatic rings. The average Bonchev–Trinajstić information content (AvgIpc) is 3.04. The average molecular weight is 271 g/mol. The normalized spacial score (nSPS) is 19.8. The summed E-state index contributed by atoms with van der Waals surface area (Å²) in [6.45, 7) is 3.13. The van der Waals surface area contributed by atoms with Gasteiger partial charge in [-0.3, -0.25) is 4.99 Å². The highest BCUT2D eigenvalue weighted by molar-refractivity contribution is 5.92. The van der Waals surface area contributed by atoms with Crippen LogP contribution < -0.4 is 11.1 Å². The number of aryl methyl sites for hydroxylation is 2. The molecule has 0 bridgehead atoms. The van der Waals surface area contributed by atoms with E-state index < -0.39 is 0 Å². The van der Waals surface area contributed by atoms with Crippen LogP contribution in [0.4, 0.5) is 5.69 Å². The van der Waals surface area contributed by atoms with Gasteiger partial charge in [0.05, 0.1) is 0 Å². The van der Waals surface area contributed by atoms with E-state index in [1.54, 1.807) is 0 Å². The number of anilines is 1. The molecule has 0 unspecified atom stereocenters. The first-order valence-corrected chi connectivity index (χ1v) is 7.89. The van der Waals surface area contributed by atoms with Crippen molar-refractivity contribution >= 4 is 11.6 Å². The van der Waals surface area contributed by atoms with E-state index in [1.165, 1.54) is 56.1 Å². The number of nitrogens with one attached hydrogen (secondary N) is 1. The van der Waals surface area contributed by atoms with Crippen molar-refractivity contribution in [2.24, 2.45) is 16.1 Å². The molecule has 0 aromatic heterocycles. The molecule has 1 aromatic rings. The fourth-order valence-corrected chi connectivity index (χ4v) is 3.28. The smallest absolute Gasteiger partial charge is 0.193 e. The van der Waals surface area contributed by atoms with Gasteiger partial charge in [-0.05, 0) is 67.2 Å². The van der Waals surface area contributed by atoms with E-state index >= 15 is 0 Å². The third-order valence-corrected chi connectivity index (χ3v) is 4.69. The van der Waals surface area contributed by atoms with E-state index in [-0.39, 0.29) is 0 Å². The van der Waals surface area contributed by atoms with Crippen LogP contribution in [-0.4, -0.2) is 12.5 Å². The molecule has 108 valence electrons. The predicted molar refractivity (Wildman–Crippen MR) is 85.2 cm³/mol. The first-order valence-electron chi connectivity index (χ1n) is 7.89. The molecule has 2 aliphatic carbocycles. The molecule has 3 nitrogen and oxygen atoms in total. The van der Waals surface area contributed by atoms with Gasteiger partial charge >= 0.3 is 0 Å². The molecule has 0 saturated heterocycles. The molecule has 20 heavy (non-hydrogen) atoms. The highest BCUT2D eigenvalue weighted by Crippen LogP contribution is 2.49. The lowest BCUT2D eigenvalue weighted by atomic mass is 10.0. The Balaban J connectivity index is 1.59. The van der Waals surface area contributed by atoms with Crippen molar-refractivity contribution < 1.29 is 0 Å². The number of aliphatic imine (C=N–C) groups is 1. The Bertz CT molecular complexity index is 515. The highest BCUT2D eigenvalue weighted by Gasteiger charge is 2.41. The zero-order chi connectivity index (χ0) is 14.0. The van der Waals surface area contributed by atoms with Gasteiger partial charge in [0.2, 0.25) is 0 Å². The Labute approximate surface area is 121 Å². The van der Waals surface area contributed by atoms with E-state index in [0.717, 1.165) is 12.2 Å². The monoisotopic (exact) mass is 271 g/mol. The first kappa shape index (κ1) is 13.5. The molecule has 1 saturated carbocycles. The number of fused-ring (bicyclic) bond motifs is 1. The van der Waals surface area contributed by atoms with Crippen molar-refractivity contribution in [2.45, 2.75) is 51.9 Å². The lowest BCUT2D eigenvalue weighted by Crippen LogP contribution is -2.24. The summed E-state index contributed by atoms with van der Waals surface area (Å²) in [4.78, 5) is 4.55. The molecule has 1 fully saturated rings. The molecule has 1 aromatic carbocycles. The van der Waals surface area contributed by atoms with Crippen molar-refractivity contribution in [3.8, 4) is 0 Å². The van der Waals surface area contributed by atoms with Crippen LogP contribution in [0.1, 0.15) is 50.2 Å². The number of nitrogens with two attached hydrogens (primary N) is 1. The summed E-state index contributed by atoms with van der Waals surface area (Å²) in [5, 5.41) is 3.24. The van der Waals surface area contributed by atoms with Crippen molar-refractivity contribution in [1.29, 1.82) is 0 Å². The zero-order valence-corrected chi connectivity index (χ0v) is 12.4. The number of hydrogen-bond acceptors (Lipinski definition) is 1. The molecule has 0 aliphatic heterocycles. The maximum Gasteiger partial charge on any atom is 0.193 e. The van der Waals surface area contributed by atoms with Gasteiger partial charge < -0.3 is 11.1 Å².